The molecular weight excluding hydrogens is 484 g/mol. The van der Waals surface area contributed by atoms with Crippen molar-refractivity contribution in [3.8, 4) is 16.9 Å². The van der Waals surface area contributed by atoms with Gasteiger partial charge >= 0.3 is 6.43 Å². The van der Waals surface area contributed by atoms with Crippen molar-refractivity contribution >= 4 is 17.5 Å². The van der Waals surface area contributed by atoms with Crippen molar-refractivity contribution < 1.29 is 35.8 Å². The molecule has 1 aliphatic heterocycles. The zero-order valence-corrected chi connectivity index (χ0v) is 18.6. The summed E-state index contributed by atoms with van der Waals surface area (Å²) >= 11 is 6.23. The number of ether oxygens (including phenoxy) is 2. The van der Waals surface area contributed by atoms with Gasteiger partial charge in [-0.3, -0.25) is 4.39 Å². The summed E-state index contributed by atoms with van der Waals surface area (Å²) in [4.78, 5) is 4.68. The summed E-state index contributed by atoms with van der Waals surface area (Å²) in [6, 6.07) is 23.0. The lowest BCUT2D eigenvalue weighted by atomic mass is 10.0. The summed E-state index contributed by atoms with van der Waals surface area (Å²) in [7, 11) is 0.500. The first-order chi connectivity index (χ1) is 16.2. The normalized spacial score (nSPS) is 14.6. The van der Waals surface area contributed by atoms with Gasteiger partial charge in [0, 0.05) is 0 Å². The molecule has 0 amide bonds. The van der Waals surface area contributed by atoms with E-state index in [-0.39, 0.29) is 6.04 Å². The highest BCUT2D eigenvalue weighted by Gasteiger charge is 2.24. The molecule has 4 rings (SSSR count). The first kappa shape index (κ1) is 27.0. The van der Waals surface area contributed by atoms with Crippen molar-refractivity contribution in [1.82, 2.24) is 0 Å². The first-order valence-corrected chi connectivity index (χ1v) is 10.1. The van der Waals surface area contributed by atoms with E-state index in [1.807, 2.05) is 60.7 Å². The van der Waals surface area contributed by atoms with Crippen molar-refractivity contribution in [3.05, 3.63) is 88.9 Å². The average Bonchev–Trinajstić information content (AvgIpc) is 3.31. The number of halogens is 7. The number of hydrogen-bond donors (Lipinski definition) is 0. The summed E-state index contributed by atoms with van der Waals surface area (Å²) in [6.07, 6.45) is -5.50. The number of nitrogens with zero attached hydrogens (tertiary/aromatic N) is 1. The van der Waals surface area contributed by atoms with E-state index < -0.39 is 13.3 Å². The van der Waals surface area contributed by atoms with E-state index in [1.165, 1.54) is 0 Å². The maximum Gasteiger partial charge on any atom is 0.559 e. The van der Waals surface area contributed by atoms with Gasteiger partial charge in [0.2, 0.25) is 12.8 Å². The Bertz CT molecular complexity index is 1050. The van der Waals surface area contributed by atoms with Crippen LogP contribution in [0.15, 0.2) is 77.8 Å². The van der Waals surface area contributed by atoms with Gasteiger partial charge in [0.15, 0.2) is 0 Å². The van der Waals surface area contributed by atoms with Gasteiger partial charge in [-0.2, -0.15) is 0 Å². The minimum Gasteiger partial charge on any atom is -0.475 e. The molecule has 3 aromatic rings. The third-order valence-corrected chi connectivity index (χ3v) is 4.79. The smallest absolute Gasteiger partial charge is 0.475 e. The highest BCUT2D eigenvalue weighted by Crippen LogP contribution is 2.30. The second-order valence-corrected chi connectivity index (χ2v) is 6.98. The van der Waals surface area contributed by atoms with E-state index in [4.69, 9.17) is 21.1 Å². The van der Waals surface area contributed by atoms with Gasteiger partial charge in [-0.15, -0.1) is 17.6 Å². The summed E-state index contributed by atoms with van der Waals surface area (Å²) in [6.45, 7) is -0.330. The largest absolute Gasteiger partial charge is 0.559 e. The zero-order valence-electron chi connectivity index (χ0n) is 17.8. The zero-order chi connectivity index (χ0) is 25.1. The van der Waals surface area contributed by atoms with Gasteiger partial charge < -0.3 is 9.47 Å². The van der Waals surface area contributed by atoms with Crippen molar-refractivity contribution in [2.75, 3.05) is 20.6 Å². The molecule has 1 heterocycles. The van der Waals surface area contributed by atoms with Crippen LogP contribution in [-0.2, 0) is 4.74 Å². The van der Waals surface area contributed by atoms with E-state index in [0.29, 0.717) is 30.5 Å². The summed E-state index contributed by atoms with van der Waals surface area (Å²) in [5, 5.41) is 0.632. The quantitative estimate of drug-likeness (QED) is 0.331. The van der Waals surface area contributed by atoms with Crippen LogP contribution in [0.3, 0.4) is 0 Å². The number of benzene rings is 3. The molecule has 0 bridgehead atoms. The molecule has 3 aromatic carbocycles. The fourth-order valence-corrected chi connectivity index (χ4v) is 3.25. The second kappa shape index (κ2) is 12.9. The van der Waals surface area contributed by atoms with Crippen LogP contribution in [0.25, 0.3) is 11.1 Å². The standard InChI is InChI=1S/C22H17ClFNO2.CF4.CH3F/c23-20-4-2-1-3-19(20)22-25-21(13-26-22)17-7-5-15(6-8-17)16-9-11-18(12-10-16)27-14-24;2-1(3,4)5;1-2/h1-12,21H,13-14H2;;1H3. The van der Waals surface area contributed by atoms with Gasteiger partial charge in [0.05, 0.1) is 17.8 Å². The number of alkyl halides is 6. The highest BCUT2D eigenvalue weighted by atomic mass is 35.5. The molecule has 182 valence electrons. The average molecular weight is 504 g/mol. The molecule has 3 nitrogen and oxygen atoms in total. The maximum absolute atomic E-state index is 12.2. The summed E-state index contributed by atoms with van der Waals surface area (Å²) < 4.78 is 71.0. The molecule has 1 aliphatic rings. The van der Waals surface area contributed by atoms with Crippen LogP contribution in [0.5, 0.6) is 5.75 Å². The minimum atomic E-state index is -5.50. The van der Waals surface area contributed by atoms with Gasteiger partial charge in [-0.1, -0.05) is 60.1 Å². The number of aliphatic imine (C=N–C) groups is 1. The molecule has 0 spiro atoms. The van der Waals surface area contributed by atoms with Crippen molar-refractivity contribution in [2.24, 2.45) is 4.99 Å². The Morgan fingerprint density at radius 1 is 0.912 bits per heavy atom. The summed E-state index contributed by atoms with van der Waals surface area (Å²) in [5.41, 5.74) is 4.00. The van der Waals surface area contributed by atoms with Crippen molar-refractivity contribution in [2.45, 2.75) is 12.5 Å². The SMILES string of the molecule is CF.FC(F)(F)F.FCOc1ccc(-c2ccc(C3COC(c4ccccc4Cl)=N3)cc2)cc1. The monoisotopic (exact) mass is 503 g/mol. The minimum absolute atomic E-state index is 0.0503. The second-order valence-electron chi connectivity index (χ2n) is 6.57. The van der Waals surface area contributed by atoms with Crippen LogP contribution in [0.2, 0.25) is 5.02 Å². The lowest BCUT2D eigenvalue weighted by molar-refractivity contribution is -0.237. The molecule has 34 heavy (non-hydrogen) atoms. The lowest BCUT2D eigenvalue weighted by Gasteiger charge is -2.08. The Morgan fingerprint density at radius 2 is 1.44 bits per heavy atom. The molecular formula is C24H20ClF6NO2. The summed E-state index contributed by atoms with van der Waals surface area (Å²) in [5.74, 6) is 1.10. The maximum atomic E-state index is 12.2. The Kier molecular flexibility index (Phi) is 10.2. The molecule has 1 atom stereocenters. The molecule has 0 fully saturated rings. The number of rotatable bonds is 5. The van der Waals surface area contributed by atoms with Crippen LogP contribution >= 0.6 is 11.6 Å². The van der Waals surface area contributed by atoms with Crippen molar-refractivity contribution in [3.63, 3.8) is 0 Å². The molecule has 0 radical (unpaired) electrons. The van der Waals surface area contributed by atoms with Gasteiger partial charge in [-0.05, 0) is 41.0 Å². The van der Waals surface area contributed by atoms with Crippen LogP contribution in [0.4, 0.5) is 26.3 Å². The Morgan fingerprint density at radius 3 is 1.97 bits per heavy atom. The van der Waals surface area contributed by atoms with Crippen molar-refractivity contribution in [1.29, 1.82) is 0 Å². The molecule has 0 aromatic heterocycles. The molecule has 0 aliphatic carbocycles. The molecule has 0 saturated heterocycles. The van der Waals surface area contributed by atoms with E-state index in [1.54, 1.807) is 12.1 Å². The van der Waals surface area contributed by atoms with Gasteiger partial charge in [-0.25, -0.2) is 9.38 Å². The van der Waals surface area contributed by atoms with Crippen LogP contribution in [0, 0.1) is 0 Å². The predicted octanol–water partition coefficient (Wildman–Crippen LogP) is 7.89. The molecule has 0 saturated carbocycles. The predicted molar refractivity (Wildman–Crippen MR) is 119 cm³/mol. The first-order valence-electron chi connectivity index (χ1n) is 9.72. The molecule has 0 N–H and O–H groups in total. The highest BCUT2D eigenvalue weighted by molar-refractivity contribution is 6.33. The topological polar surface area (TPSA) is 30.8 Å². The fraction of sp³-hybridized carbons (Fsp3) is 0.208. The van der Waals surface area contributed by atoms with E-state index in [2.05, 4.69) is 4.99 Å². The van der Waals surface area contributed by atoms with E-state index >= 15 is 0 Å². The van der Waals surface area contributed by atoms with Crippen LogP contribution in [0.1, 0.15) is 17.2 Å². The Labute approximate surface area is 197 Å². The van der Waals surface area contributed by atoms with Gasteiger partial charge in [0.1, 0.15) is 18.4 Å². The third kappa shape index (κ3) is 8.30. The molecule has 1 unspecified atom stereocenters. The lowest BCUT2D eigenvalue weighted by Crippen LogP contribution is -2.01. The number of hydrogen-bond acceptors (Lipinski definition) is 3. The molecule has 10 heteroatoms. The van der Waals surface area contributed by atoms with Gasteiger partial charge in [0.25, 0.3) is 0 Å². The fourth-order valence-electron chi connectivity index (χ4n) is 3.03. The van der Waals surface area contributed by atoms with Crippen LogP contribution in [-0.4, -0.2) is 33.0 Å². The van der Waals surface area contributed by atoms with E-state index in [0.717, 1.165) is 22.3 Å². The Balaban J connectivity index is 0.000000520. The van der Waals surface area contributed by atoms with Crippen LogP contribution < -0.4 is 4.74 Å². The van der Waals surface area contributed by atoms with E-state index in [9.17, 15) is 26.3 Å². The third-order valence-electron chi connectivity index (χ3n) is 4.46. The Hall–Kier alpha value is -3.20.